The van der Waals surface area contributed by atoms with Crippen LogP contribution >= 0.6 is 0 Å². The van der Waals surface area contributed by atoms with Crippen molar-refractivity contribution in [3.05, 3.63) is 175 Å². The molecule has 2 heterocycles. The maximum Gasteiger partial charge on any atom is 0.162 e. The van der Waals surface area contributed by atoms with Gasteiger partial charge in [-0.25, -0.2) is 9.98 Å². The fourth-order valence-corrected chi connectivity index (χ4v) is 6.46. The van der Waals surface area contributed by atoms with Gasteiger partial charge in [0.1, 0.15) is 17.0 Å². The minimum Gasteiger partial charge on any atom is -0.456 e. The van der Waals surface area contributed by atoms with Gasteiger partial charge in [-0.3, -0.25) is 0 Å². The Labute approximate surface area is 265 Å². The van der Waals surface area contributed by atoms with Crippen LogP contribution < -0.4 is 5.32 Å². The summed E-state index contributed by atoms with van der Waals surface area (Å²) in [6.45, 7) is 0. The van der Waals surface area contributed by atoms with Crippen LogP contribution in [-0.4, -0.2) is 11.7 Å². The van der Waals surface area contributed by atoms with E-state index < -0.39 is 0 Å². The Balaban J connectivity index is 1.20. The molecule has 0 aliphatic carbocycles. The molecule has 46 heavy (non-hydrogen) atoms. The summed E-state index contributed by atoms with van der Waals surface area (Å²) in [5.41, 5.74) is 7.72. The van der Waals surface area contributed by atoms with Crippen molar-refractivity contribution in [1.29, 1.82) is 0 Å². The molecule has 7 aromatic carbocycles. The van der Waals surface area contributed by atoms with E-state index in [4.69, 9.17) is 14.4 Å². The molecular formula is C42H27N3O. The van der Waals surface area contributed by atoms with Gasteiger partial charge in [0, 0.05) is 33.7 Å². The third-order valence-electron chi connectivity index (χ3n) is 8.72. The predicted molar refractivity (Wildman–Crippen MR) is 191 cm³/mol. The topological polar surface area (TPSA) is 49.9 Å². The Bertz CT molecular complexity index is 2530. The Hall–Kier alpha value is -6.26. The Morgan fingerprint density at radius 1 is 0.457 bits per heavy atom. The zero-order chi connectivity index (χ0) is 30.5. The molecule has 9 rings (SSSR count). The van der Waals surface area contributed by atoms with Gasteiger partial charge in [-0.2, -0.15) is 0 Å². The second-order valence-electron chi connectivity index (χ2n) is 11.5. The summed E-state index contributed by atoms with van der Waals surface area (Å²) < 4.78 is 6.39. The third kappa shape index (κ3) is 4.47. The Morgan fingerprint density at radius 3 is 1.98 bits per heavy atom. The van der Waals surface area contributed by atoms with Crippen molar-refractivity contribution in [2.45, 2.75) is 0 Å². The van der Waals surface area contributed by atoms with Crippen molar-refractivity contribution in [2.24, 2.45) is 9.98 Å². The highest BCUT2D eigenvalue weighted by atomic mass is 16.3. The average Bonchev–Trinajstić information content (AvgIpc) is 3.33. The number of fused-ring (bicyclic) bond motifs is 5. The van der Waals surface area contributed by atoms with Gasteiger partial charge >= 0.3 is 0 Å². The number of hydrogen-bond acceptors (Lipinski definition) is 4. The van der Waals surface area contributed by atoms with Gasteiger partial charge in [-0.05, 0) is 50.9 Å². The standard InChI is InChI=1S/C42H27N3O/c1-2-11-29(12-3-1)41-43-26-37(35-18-9-19-38-40(35)36-24-31-13-4-5-14-32(31)25-39(36)46-38)44-42(45-41)30-22-20-28(21-23-30)34-17-8-15-27-10-6-7-16-33(27)34/h1-26H,(H,43,44,45). The molecule has 4 nitrogen and oxygen atoms in total. The molecule has 1 aliphatic rings. The lowest BCUT2D eigenvalue weighted by atomic mass is 9.97. The Morgan fingerprint density at radius 2 is 1.13 bits per heavy atom. The van der Waals surface area contributed by atoms with E-state index in [1.54, 1.807) is 0 Å². The average molecular weight is 590 g/mol. The highest BCUT2D eigenvalue weighted by Crippen LogP contribution is 2.37. The van der Waals surface area contributed by atoms with E-state index in [0.717, 1.165) is 61.1 Å². The molecule has 1 N–H and O–H groups in total. The fraction of sp³-hybridized carbons (Fsp3) is 0. The molecule has 0 unspecified atom stereocenters. The molecule has 0 saturated heterocycles. The van der Waals surface area contributed by atoms with Gasteiger partial charge in [0.2, 0.25) is 0 Å². The van der Waals surface area contributed by atoms with E-state index in [2.05, 4.69) is 127 Å². The summed E-state index contributed by atoms with van der Waals surface area (Å²) in [6, 6.07) is 52.5. The zero-order valence-electron chi connectivity index (χ0n) is 24.8. The van der Waals surface area contributed by atoms with Crippen molar-refractivity contribution in [3.63, 3.8) is 0 Å². The molecule has 8 aromatic rings. The van der Waals surface area contributed by atoms with Gasteiger partial charge in [-0.15, -0.1) is 0 Å². The normalized spacial score (nSPS) is 13.3. The summed E-state index contributed by atoms with van der Waals surface area (Å²) >= 11 is 0. The van der Waals surface area contributed by atoms with Gasteiger partial charge in [0.05, 0.1) is 5.70 Å². The summed E-state index contributed by atoms with van der Waals surface area (Å²) in [4.78, 5) is 10.3. The predicted octanol–water partition coefficient (Wildman–Crippen LogP) is 10.4. The fourth-order valence-electron chi connectivity index (χ4n) is 6.46. The smallest absolute Gasteiger partial charge is 0.162 e. The molecule has 0 fully saturated rings. The summed E-state index contributed by atoms with van der Waals surface area (Å²) in [7, 11) is 0. The molecule has 216 valence electrons. The molecule has 0 radical (unpaired) electrons. The SMILES string of the molecule is C1=C(c2cccc3oc4cc5ccccc5cc4c23)N=C(c2ccc(-c3cccc4ccccc34)cc2)N=C(c2ccccc2)N1. The van der Waals surface area contributed by atoms with E-state index in [9.17, 15) is 0 Å². The van der Waals surface area contributed by atoms with Crippen molar-refractivity contribution >= 4 is 60.9 Å². The second kappa shape index (κ2) is 10.7. The lowest BCUT2D eigenvalue weighted by molar-refractivity contribution is 0.669. The van der Waals surface area contributed by atoms with Crippen LogP contribution in [0.3, 0.4) is 0 Å². The number of hydrogen-bond donors (Lipinski definition) is 1. The van der Waals surface area contributed by atoms with E-state index in [0.29, 0.717) is 5.84 Å². The van der Waals surface area contributed by atoms with Crippen molar-refractivity contribution < 1.29 is 4.42 Å². The van der Waals surface area contributed by atoms with E-state index in [1.165, 1.54) is 21.7 Å². The molecular weight excluding hydrogens is 562 g/mol. The van der Waals surface area contributed by atoms with E-state index >= 15 is 0 Å². The lowest BCUT2D eigenvalue weighted by Crippen LogP contribution is -2.19. The number of nitrogens with zero attached hydrogens (tertiary/aromatic N) is 2. The molecule has 0 spiro atoms. The van der Waals surface area contributed by atoms with Gasteiger partial charge in [0.15, 0.2) is 5.84 Å². The first-order valence-corrected chi connectivity index (χ1v) is 15.4. The first kappa shape index (κ1) is 26.2. The second-order valence-corrected chi connectivity index (χ2v) is 11.5. The maximum atomic E-state index is 6.39. The first-order valence-electron chi connectivity index (χ1n) is 15.4. The molecule has 0 saturated carbocycles. The molecule has 1 aromatic heterocycles. The van der Waals surface area contributed by atoms with Crippen LogP contribution in [0.25, 0.3) is 60.3 Å². The van der Waals surface area contributed by atoms with Crippen LogP contribution in [-0.2, 0) is 0 Å². The molecule has 4 heteroatoms. The van der Waals surface area contributed by atoms with Crippen LogP contribution in [0, 0.1) is 0 Å². The number of aliphatic imine (C=N–C) groups is 2. The summed E-state index contributed by atoms with van der Waals surface area (Å²) in [6.07, 6.45) is 1.96. The lowest BCUT2D eigenvalue weighted by Gasteiger charge is -2.09. The van der Waals surface area contributed by atoms with Crippen molar-refractivity contribution in [3.8, 4) is 11.1 Å². The Kier molecular flexibility index (Phi) is 6.10. The highest BCUT2D eigenvalue weighted by molar-refractivity contribution is 6.17. The van der Waals surface area contributed by atoms with Crippen LogP contribution in [0.5, 0.6) is 0 Å². The van der Waals surface area contributed by atoms with Gasteiger partial charge in [-0.1, -0.05) is 133 Å². The maximum absolute atomic E-state index is 6.39. The van der Waals surface area contributed by atoms with Crippen LogP contribution in [0.2, 0.25) is 0 Å². The first-order chi connectivity index (χ1) is 22.8. The zero-order valence-corrected chi connectivity index (χ0v) is 24.8. The number of benzene rings is 7. The minimum absolute atomic E-state index is 0.634. The molecule has 0 amide bonds. The summed E-state index contributed by atoms with van der Waals surface area (Å²) in [5, 5.41) is 10.4. The van der Waals surface area contributed by atoms with E-state index in [-0.39, 0.29) is 0 Å². The van der Waals surface area contributed by atoms with Gasteiger partial charge < -0.3 is 9.73 Å². The quantitative estimate of drug-likeness (QED) is 0.222. The number of furan rings is 1. The molecule has 1 aliphatic heterocycles. The van der Waals surface area contributed by atoms with Crippen LogP contribution in [0.1, 0.15) is 16.7 Å². The molecule has 0 atom stereocenters. The number of amidine groups is 2. The van der Waals surface area contributed by atoms with Crippen molar-refractivity contribution in [2.75, 3.05) is 0 Å². The number of rotatable bonds is 4. The van der Waals surface area contributed by atoms with Crippen LogP contribution in [0.4, 0.5) is 0 Å². The molecule has 0 bridgehead atoms. The largest absolute Gasteiger partial charge is 0.456 e. The monoisotopic (exact) mass is 589 g/mol. The summed E-state index contributed by atoms with van der Waals surface area (Å²) in [5.74, 6) is 1.37. The van der Waals surface area contributed by atoms with Crippen LogP contribution in [0.15, 0.2) is 172 Å². The highest BCUT2D eigenvalue weighted by Gasteiger charge is 2.18. The third-order valence-corrected chi connectivity index (χ3v) is 8.72. The number of nitrogens with one attached hydrogen (secondary N) is 1. The van der Waals surface area contributed by atoms with Gasteiger partial charge in [0.25, 0.3) is 0 Å². The van der Waals surface area contributed by atoms with Crippen molar-refractivity contribution in [1.82, 2.24) is 5.32 Å². The van der Waals surface area contributed by atoms with E-state index in [1.807, 2.05) is 36.5 Å². The minimum atomic E-state index is 0.634.